The molecule has 142 valence electrons. The molecule has 27 heavy (non-hydrogen) atoms. The van der Waals surface area contributed by atoms with Gasteiger partial charge in [-0.2, -0.15) is 0 Å². The van der Waals surface area contributed by atoms with Gasteiger partial charge in [-0.15, -0.1) is 0 Å². The number of carbonyl (C=O) groups is 3. The van der Waals surface area contributed by atoms with Crippen molar-refractivity contribution in [1.29, 1.82) is 0 Å². The van der Waals surface area contributed by atoms with Gasteiger partial charge in [0.15, 0.2) is 0 Å². The van der Waals surface area contributed by atoms with Crippen LogP contribution >= 0.6 is 0 Å². The van der Waals surface area contributed by atoms with Crippen LogP contribution in [0.5, 0.6) is 0 Å². The molecule has 2 aromatic carbocycles. The van der Waals surface area contributed by atoms with E-state index < -0.39 is 18.0 Å². The number of benzene rings is 2. The van der Waals surface area contributed by atoms with E-state index in [9.17, 15) is 14.4 Å². The zero-order valence-electron chi connectivity index (χ0n) is 14.9. The van der Waals surface area contributed by atoms with E-state index in [1.807, 2.05) is 60.7 Å². The molecule has 1 atom stereocenters. The molecule has 0 aliphatic rings. The number of carboxylic acids is 1. The number of urea groups is 1. The van der Waals surface area contributed by atoms with E-state index in [-0.39, 0.29) is 18.9 Å². The maximum Gasteiger partial charge on any atom is 0.315 e. The van der Waals surface area contributed by atoms with Crippen LogP contribution in [0.4, 0.5) is 4.79 Å². The Kier molecular flexibility index (Phi) is 7.84. The molecule has 0 fully saturated rings. The summed E-state index contributed by atoms with van der Waals surface area (Å²) >= 11 is 0. The molecule has 7 heteroatoms. The fourth-order valence-corrected chi connectivity index (χ4v) is 2.46. The van der Waals surface area contributed by atoms with Gasteiger partial charge in [-0.3, -0.25) is 9.59 Å². The highest BCUT2D eigenvalue weighted by Crippen LogP contribution is 2.04. The molecule has 0 saturated carbocycles. The Hall–Kier alpha value is -3.35. The summed E-state index contributed by atoms with van der Waals surface area (Å²) in [5, 5.41) is 16.5. The lowest BCUT2D eigenvalue weighted by molar-refractivity contribution is -0.136. The Bertz CT molecular complexity index is 750. The Morgan fingerprint density at radius 1 is 0.852 bits per heavy atom. The smallest absolute Gasteiger partial charge is 0.315 e. The van der Waals surface area contributed by atoms with Crippen molar-refractivity contribution in [1.82, 2.24) is 16.0 Å². The van der Waals surface area contributed by atoms with Gasteiger partial charge in [0.2, 0.25) is 5.91 Å². The summed E-state index contributed by atoms with van der Waals surface area (Å²) in [6.45, 7) is 0.345. The van der Waals surface area contributed by atoms with Crippen molar-refractivity contribution in [2.75, 3.05) is 6.54 Å². The van der Waals surface area contributed by atoms with Gasteiger partial charge in [-0.25, -0.2) is 4.79 Å². The van der Waals surface area contributed by atoms with Gasteiger partial charge in [0.25, 0.3) is 0 Å². The third-order valence-electron chi connectivity index (χ3n) is 3.84. The molecule has 0 aliphatic carbocycles. The van der Waals surface area contributed by atoms with Gasteiger partial charge in [-0.05, 0) is 11.1 Å². The van der Waals surface area contributed by atoms with Gasteiger partial charge in [0.1, 0.15) is 6.04 Å². The topological polar surface area (TPSA) is 108 Å². The van der Waals surface area contributed by atoms with Gasteiger partial charge >= 0.3 is 12.0 Å². The van der Waals surface area contributed by atoms with Crippen LogP contribution in [0.3, 0.4) is 0 Å². The molecule has 4 N–H and O–H groups in total. The van der Waals surface area contributed by atoms with Crippen LogP contribution < -0.4 is 16.0 Å². The normalized spacial score (nSPS) is 11.3. The van der Waals surface area contributed by atoms with E-state index in [1.165, 1.54) is 0 Å². The van der Waals surface area contributed by atoms with Crippen molar-refractivity contribution in [3.05, 3.63) is 71.8 Å². The van der Waals surface area contributed by atoms with Crippen LogP contribution in [0.25, 0.3) is 0 Å². The van der Waals surface area contributed by atoms with E-state index >= 15 is 0 Å². The summed E-state index contributed by atoms with van der Waals surface area (Å²) < 4.78 is 0. The molecule has 0 aromatic heterocycles. The Morgan fingerprint density at radius 2 is 1.44 bits per heavy atom. The van der Waals surface area contributed by atoms with Crippen LogP contribution in [-0.4, -0.2) is 35.6 Å². The summed E-state index contributed by atoms with van der Waals surface area (Å²) in [5.74, 6) is -1.31. The first-order valence-electron chi connectivity index (χ1n) is 8.66. The second-order valence-corrected chi connectivity index (χ2v) is 5.99. The van der Waals surface area contributed by atoms with Crippen molar-refractivity contribution >= 4 is 17.9 Å². The van der Waals surface area contributed by atoms with E-state index in [1.54, 1.807) is 0 Å². The zero-order valence-corrected chi connectivity index (χ0v) is 14.9. The van der Waals surface area contributed by atoms with E-state index in [0.717, 1.165) is 11.1 Å². The van der Waals surface area contributed by atoms with E-state index in [0.29, 0.717) is 13.0 Å². The first-order chi connectivity index (χ1) is 13.0. The number of nitrogens with one attached hydrogen (secondary N) is 3. The average molecular weight is 369 g/mol. The van der Waals surface area contributed by atoms with Crippen molar-refractivity contribution in [2.24, 2.45) is 0 Å². The Labute approximate surface area is 157 Å². The summed E-state index contributed by atoms with van der Waals surface area (Å²) in [6.07, 6.45) is 0.144. The van der Waals surface area contributed by atoms with Crippen LogP contribution in [0.15, 0.2) is 60.7 Å². The number of hydrogen-bond donors (Lipinski definition) is 4. The number of amides is 3. The number of carboxylic acid groups (broad SMARTS) is 1. The highest BCUT2D eigenvalue weighted by molar-refractivity contribution is 5.87. The molecule has 3 amide bonds. The number of rotatable bonds is 9. The highest BCUT2D eigenvalue weighted by atomic mass is 16.4. The Morgan fingerprint density at radius 3 is 2.04 bits per heavy atom. The largest absolute Gasteiger partial charge is 0.481 e. The lowest BCUT2D eigenvalue weighted by atomic mass is 10.1. The van der Waals surface area contributed by atoms with Gasteiger partial charge in [-0.1, -0.05) is 60.7 Å². The second kappa shape index (κ2) is 10.6. The molecule has 0 spiro atoms. The molecular weight excluding hydrogens is 346 g/mol. The van der Waals surface area contributed by atoms with Crippen LogP contribution in [0.2, 0.25) is 0 Å². The number of aliphatic carboxylic acids is 1. The minimum atomic E-state index is -1.00. The molecule has 0 saturated heterocycles. The molecule has 2 aromatic rings. The summed E-state index contributed by atoms with van der Waals surface area (Å²) in [6, 6.07) is 17.5. The molecule has 0 aliphatic heterocycles. The summed E-state index contributed by atoms with van der Waals surface area (Å²) in [5.41, 5.74) is 1.86. The van der Waals surface area contributed by atoms with Gasteiger partial charge in [0, 0.05) is 19.5 Å². The third-order valence-corrected chi connectivity index (χ3v) is 3.84. The maximum atomic E-state index is 12.6. The molecule has 0 bridgehead atoms. The van der Waals surface area contributed by atoms with Gasteiger partial charge in [0.05, 0.1) is 6.42 Å². The van der Waals surface area contributed by atoms with Crippen LogP contribution in [0, 0.1) is 0 Å². The molecule has 7 nitrogen and oxygen atoms in total. The first-order valence-corrected chi connectivity index (χ1v) is 8.66. The average Bonchev–Trinajstić information content (AvgIpc) is 2.67. The molecular formula is C20H23N3O4. The van der Waals surface area contributed by atoms with Crippen molar-refractivity contribution < 1.29 is 19.5 Å². The Balaban J connectivity index is 1.96. The van der Waals surface area contributed by atoms with Crippen molar-refractivity contribution in [2.45, 2.75) is 25.4 Å². The first kappa shape index (κ1) is 20.0. The maximum absolute atomic E-state index is 12.6. The SMILES string of the molecule is O=C(O)CCNC(=O)NC(Cc1ccccc1)C(=O)NCc1ccccc1. The van der Waals surface area contributed by atoms with Crippen molar-refractivity contribution in [3.63, 3.8) is 0 Å². The minimum absolute atomic E-state index is 0.00907. The predicted octanol–water partition coefficient (Wildman–Crippen LogP) is 1.69. The van der Waals surface area contributed by atoms with Crippen LogP contribution in [-0.2, 0) is 22.6 Å². The van der Waals surface area contributed by atoms with Crippen LogP contribution in [0.1, 0.15) is 17.5 Å². The molecule has 0 radical (unpaired) electrons. The quantitative estimate of drug-likeness (QED) is 0.539. The summed E-state index contributed by atoms with van der Waals surface area (Å²) in [7, 11) is 0. The minimum Gasteiger partial charge on any atom is -0.481 e. The highest BCUT2D eigenvalue weighted by Gasteiger charge is 2.21. The summed E-state index contributed by atoms with van der Waals surface area (Å²) in [4.78, 5) is 35.1. The number of carbonyl (C=O) groups excluding carboxylic acids is 2. The van der Waals surface area contributed by atoms with E-state index in [4.69, 9.17) is 5.11 Å². The van der Waals surface area contributed by atoms with E-state index in [2.05, 4.69) is 16.0 Å². The predicted molar refractivity (Wildman–Crippen MR) is 101 cm³/mol. The van der Waals surface area contributed by atoms with Crippen molar-refractivity contribution in [3.8, 4) is 0 Å². The fourth-order valence-electron chi connectivity index (χ4n) is 2.46. The molecule has 2 rings (SSSR count). The molecule has 0 heterocycles. The van der Waals surface area contributed by atoms with Gasteiger partial charge < -0.3 is 21.1 Å². The zero-order chi connectivity index (χ0) is 19.5. The molecule has 1 unspecified atom stereocenters. The standard InChI is InChI=1S/C20H23N3O4/c24-18(25)11-12-21-20(27)23-17(13-15-7-3-1-4-8-15)19(26)22-14-16-9-5-2-6-10-16/h1-10,17H,11-14H2,(H,22,26)(H,24,25)(H2,21,23,27). The fraction of sp³-hybridized carbons (Fsp3) is 0.250. The lowest BCUT2D eigenvalue weighted by Crippen LogP contribution is -2.51. The monoisotopic (exact) mass is 369 g/mol. The second-order valence-electron chi connectivity index (χ2n) is 5.99. The number of hydrogen-bond acceptors (Lipinski definition) is 3. The third kappa shape index (κ3) is 7.60. The lowest BCUT2D eigenvalue weighted by Gasteiger charge is -2.19.